The van der Waals surface area contributed by atoms with Crippen LogP contribution in [0.15, 0.2) is 42.5 Å². The van der Waals surface area contributed by atoms with Crippen molar-refractivity contribution in [3.63, 3.8) is 0 Å². The second-order valence-corrected chi connectivity index (χ2v) is 5.08. The minimum atomic E-state index is 0.852. The Balaban J connectivity index is 2.34. The minimum absolute atomic E-state index is 0.852. The average Bonchev–Trinajstić information content (AvgIpc) is 2.46. The fourth-order valence-corrected chi connectivity index (χ4v) is 2.54. The van der Waals surface area contributed by atoms with Crippen LogP contribution in [0.3, 0.4) is 0 Å². The quantitative estimate of drug-likeness (QED) is 0.759. The van der Waals surface area contributed by atoms with Gasteiger partial charge in [-0.05, 0) is 42.8 Å². The molecule has 19 heavy (non-hydrogen) atoms. The van der Waals surface area contributed by atoms with Crippen molar-refractivity contribution in [2.75, 3.05) is 19.1 Å². The fraction of sp³-hybridized carbons (Fsp3) is 0.250. The summed E-state index contributed by atoms with van der Waals surface area (Å²) in [5.74, 6) is 0.877. The third-order valence-corrected chi connectivity index (χ3v) is 3.80. The van der Waals surface area contributed by atoms with Crippen molar-refractivity contribution >= 4 is 27.3 Å². The molecule has 0 radical (unpaired) electrons. The Kier molecular flexibility index (Phi) is 4.48. The van der Waals surface area contributed by atoms with E-state index in [4.69, 9.17) is 4.74 Å². The summed E-state index contributed by atoms with van der Waals surface area (Å²) in [7, 11) is 3.76. The molecule has 0 unspecified atom stereocenters. The summed E-state index contributed by atoms with van der Waals surface area (Å²) in [4.78, 5) is 2.19. The number of alkyl halides is 1. The van der Waals surface area contributed by atoms with Crippen LogP contribution in [0.5, 0.6) is 5.75 Å². The van der Waals surface area contributed by atoms with Crippen LogP contribution in [0.25, 0.3) is 0 Å². The van der Waals surface area contributed by atoms with Crippen LogP contribution in [-0.2, 0) is 5.33 Å². The molecule has 0 N–H and O–H groups in total. The maximum absolute atomic E-state index is 5.19. The molecule has 100 valence electrons. The first kappa shape index (κ1) is 13.9. The molecule has 0 saturated heterocycles. The van der Waals surface area contributed by atoms with Gasteiger partial charge in [0.2, 0.25) is 0 Å². The largest absolute Gasteiger partial charge is 0.497 e. The summed E-state index contributed by atoms with van der Waals surface area (Å²) >= 11 is 3.56. The van der Waals surface area contributed by atoms with Gasteiger partial charge in [-0.25, -0.2) is 0 Å². The van der Waals surface area contributed by atoms with Gasteiger partial charge in [0.25, 0.3) is 0 Å². The van der Waals surface area contributed by atoms with Gasteiger partial charge < -0.3 is 9.64 Å². The number of halogens is 1. The zero-order valence-electron chi connectivity index (χ0n) is 11.5. The van der Waals surface area contributed by atoms with E-state index in [0.717, 1.165) is 16.8 Å². The molecule has 0 fully saturated rings. The lowest BCUT2D eigenvalue weighted by molar-refractivity contribution is 0.415. The molecule has 0 amide bonds. The monoisotopic (exact) mass is 319 g/mol. The van der Waals surface area contributed by atoms with E-state index in [9.17, 15) is 0 Å². The molecule has 0 aliphatic heterocycles. The number of ether oxygens (including phenoxy) is 1. The van der Waals surface area contributed by atoms with Crippen molar-refractivity contribution in [3.05, 3.63) is 53.6 Å². The SMILES string of the molecule is COc1ccc(N(C)c2ccc(C)cc2CBr)cc1. The molecule has 0 aliphatic carbocycles. The lowest BCUT2D eigenvalue weighted by atomic mass is 10.1. The maximum atomic E-state index is 5.19. The number of aryl methyl sites for hydroxylation is 1. The first-order chi connectivity index (χ1) is 9.15. The van der Waals surface area contributed by atoms with Crippen LogP contribution >= 0.6 is 15.9 Å². The lowest BCUT2D eigenvalue weighted by Gasteiger charge is -2.22. The zero-order chi connectivity index (χ0) is 13.8. The van der Waals surface area contributed by atoms with Crippen LogP contribution in [-0.4, -0.2) is 14.2 Å². The highest BCUT2D eigenvalue weighted by Crippen LogP contribution is 2.30. The Labute approximate surface area is 123 Å². The van der Waals surface area contributed by atoms with E-state index in [1.165, 1.54) is 16.8 Å². The molecular formula is C16H18BrNO. The summed E-state index contributed by atoms with van der Waals surface area (Å²) in [6.45, 7) is 2.11. The lowest BCUT2D eigenvalue weighted by Crippen LogP contribution is -2.11. The summed E-state index contributed by atoms with van der Waals surface area (Å²) in [6, 6.07) is 14.6. The third-order valence-electron chi connectivity index (χ3n) is 3.20. The smallest absolute Gasteiger partial charge is 0.119 e. The number of anilines is 2. The van der Waals surface area contributed by atoms with Crippen molar-refractivity contribution in [1.29, 1.82) is 0 Å². The van der Waals surface area contributed by atoms with Gasteiger partial charge in [0, 0.05) is 23.8 Å². The van der Waals surface area contributed by atoms with Crippen LogP contribution < -0.4 is 9.64 Å². The van der Waals surface area contributed by atoms with Crippen LogP contribution in [0.4, 0.5) is 11.4 Å². The molecule has 2 nitrogen and oxygen atoms in total. The van der Waals surface area contributed by atoms with Gasteiger partial charge in [0.15, 0.2) is 0 Å². The molecule has 0 aliphatic rings. The number of nitrogens with zero attached hydrogens (tertiary/aromatic N) is 1. The number of benzene rings is 2. The second kappa shape index (κ2) is 6.11. The van der Waals surface area contributed by atoms with Crippen LogP contribution in [0, 0.1) is 6.92 Å². The number of hydrogen-bond donors (Lipinski definition) is 0. The normalized spacial score (nSPS) is 10.3. The van der Waals surface area contributed by atoms with Crippen molar-refractivity contribution < 1.29 is 4.74 Å². The van der Waals surface area contributed by atoms with Crippen LogP contribution in [0.1, 0.15) is 11.1 Å². The van der Waals surface area contributed by atoms with Crippen LogP contribution in [0.2, 0.25) is 0 Å². The zero-order valence-corrected chi connectivity index (χ0v) is 13.1. The molecule has 0 aromatic heterocycles. The summed E-state index contributed by atoms with van der Waals surface area (Å²) < 4.78 is 5.19. The maximum Gasteiger partial charge on any atom is 0.119 e. The highest BCUT2D eigenvalue weighted by Gasteiger charge is 2.09. The standard InChI is InChI=1S/C16H18BrNO/c1-12-4-9-16(13(10-12)11-17)18(2)14-5-7-15(19-3)8-6-14/h4-10H,11H2,1-3H3. The average molecular weight is 320 g/mol. The number of hydrogen-bond acceptors (Lipinski definition) is 2. The predicted octanol–water partition coefficient (Wildman–Crippen LogP) is 4.67. The molecule has 0 heterocycles. The van der Waals surface area contributed by atoms with Gasteiger partial charge in [0.1, 0.15) is 5.75 Å². The molecular weight excluding hydrogens is 302 g/mol. The predicted molar refractivity (Wildman–Crippen MR) is 84.9 cm³/mol. The van der Waals surface area contributed by atoms with E-state index in [0.29, 0.717) is 0 Å². The molecule has 0 saturated carbocycles. The topological polar surface area (TPSA) is 12.5 Å². The van der Waals surface area contributed by atoms with E-state index in [-0.39, 0.29) is 0 Å². The highest BCUT2D eigenvalue weighted by atomic mass is 79.9. The Morgan fingerprint density at radius 1 is 1.11 bits per heavy atom. The number of rotatable bonds is 4. The van der Waals surface area contributed by atoms with Crippen molar-refractivity contribution in [3.8, 4) is 5.75 Å². The Morgan fingerprint density at radius 3 is 2.37 bits per heavy atom. The Morgan fingerprint density at radius 2 is 1.79 bits per heavy atom. The van der Waals surface area contributed by atoms with Gasteiger partial charge in [-0.15, -0.1) is 0 Å². The first-order valence-corrected chi connectivity index (χ1v) is 7.31. The molecule has 2 aromatic rings. The van der Waals surface area contributed by atoms with Gasteiger partial charge in [-0.2, -0.15) is 0 Å². The van der Waals surface area contributed by atoms with E-state index in [2.05, 4.69) is 65.1 Å². The first-order valence-electron chi connectivity index (χ1n) is 6.19. The molecule has 0 atom stereocenters. The van der Waals surface area contributed by atoms with Crippen molar-refractivity contribution in [2.24, 2.45) is 0 Å². The summed E-state index contributed by atoms with van der Waals surface area (Å²) in [5.41, 5.74) is 4.93. The van der Waals surface area contributed by atoms with Gasteiger partial charge in [-0.1, -0.05) is 33.6 Å². The molecule has 0 bridgehead atoms. The summed E-state index contributed by atoms with van der Waals surface area (Å²) in [6.07, 6.45) is 0. The number of methoxy groups -OCH3 is 1. The second-order valence-electron chi connectivity index (χ2n) is 4.52. The third kappa shape index (κ3) is 3.10. The summed E-state index contributed by atoms with van der Waals surface area (Å²) in [5, 5.41) is 0.852. The van der Waals surface area contributed by atoms with Gasteiger partial charge >= 0.3 is 0 Å². The Hall–Kier alpha value is -1.48. The van der Waals surface area contributed by atoms with E-state index >= 15 is 0 Å². The molecule has 0 spiro atoms. The van der Waals surface area contributed by atoms with Crippen molar-refractivity contribution in [1.82, 2.24) is 0 Å². The fourth-order valence-electron chi connectivity index (χ4n) is 2.09. The van der Waals surface area contributed by atoms with E-state index in [1.807, 2.05) is 12.1 Å². The van der Waals surface area contributed by atoms with E-state index < -0.39 is 0 Å². The molecule has 2 aromatic carbocycles. The molecule has 3 heteroatoms. The molecule has 2 rings (SSSR count). The van der Waals surface area contributed by atoms with Gasteiger partial charge in [0.05, 0.1) is 7.11 Å². The highest BCUT2D eigenvalue weighted by molar-refractivity contribution is 9.08. The minimum Gasteiger partial charge on any atom is -0.497 e. The van der Waals surface area contributed by atoms with E-state index in [1.54, 1.807) is 7.11 Å². The van der Waals surface area contributed by atoms with Crippen molar-refractivity contribution in [2.45, 2.75) is 12.3 Å². The Bertz CT molecular complexity index is 551. The van der Waals surface area contributed by atoms with Gasteiger partial charge in [-0.3, -0.25) is 0 Å².